The average molecular weight is 463 g/mol. The van der Waals surface area contributed by atoms with Crippen molar-refractivity contribution in [1.82, 2.24) is 20.2 Å². The molecule has 0 aliphatic carbocycles. The van der Waals surface area contributed by atoms with Crippen molar-refractivity contribution in [3.05, 3.63) is 72.2 Å². The van der Waals surface area contributed by atoms with Crippen LogP contribution in [0.3, 0.4) is 0 Å². The number of nitrogens with zero attached hydrogens (tertiary/aromatic N) is 1. The first-order valence-electron chi connectivity index (χ1n) is 9.53. The molecule has 1 amide bonds. The smallest absolute Gasteiger partial charge is 0.244 e. The molecular weight excluding hydrogens is 439 g/mol. The predicted molar refractivity (Wildman–Crippen MR) is 119 cm³/mol. The molecule has 10 heteroatoms. The zero-order valence-electron chi connectivity index (χ0n) is 16.8. The van der Waals surface area contributed by atoms with Gasteiger partial charge in [0.2, 0.25) is 15.9 Å². The van der Waals surface area contributed by atoms with Crippen LogP contribution in [0.2, 0.25) is 0 Å². The molecule has 0 bridgehead atoms. The SMILES string of the molecule is CSCCC(NS(=O)(=O)c1ccccc1F)C(=O)NCc1ccc(-c2ccn[nH]2)cc1. The molecule has 1 aromatic heterocycles. The van der Waals surface area contributed by atoms with E-state index in [4.69, 9.17) is 0 Å². The number of thioether (sulfide) groups is 1. The van der Waals surface area contributed by atoms with E-state index in [1.165, 1.54) is 30.0 Å². The Morgan fingerprint density at radius 2 is 1.90 bits per heavy atom. The molecule has 0 saturated carbocycles. The fourth-order valence-corrected chi connectivity index (χ4v) is 4.70. The van der Waals surface area contributed by atoms with Gasteiger partial charge in [-0.25, -0.2) is 12.8 Å². The predicted octanol–water partition coefficient (Wildman–Crippen LogP) is 2.93. The van der Waals surface area contributed by atoms with E-state index < -0.39 is 32.7 Å². The van der Waals surface area contributed by atoms with Crippen LogP contribution in [0.25, 0.3) is 11.3 Å². The lowest BCUT2D eigenvalue weighted by atomic mass is 10.1. The monoisotopic (exact) mass is 462 g/mol. The molecule has 2 aromatic carbocycles. The summed E-state index contributed by atoms with van der Waals surface area (Å²) in [6.07, 6.45) is 3.81. The number of hydrogen-bond donors (Lipinski definition) is 3. The normalized spacial score (nSPS) is 12.5. The van der Waals surface area contributed by atoms with E-state index in [9.17, 15) is 17.6 Å². The molecule has 1 atom stereocenters. The Morgan fingerprint density at radius 3 is 2.55 bits per heavy atom. The van der Waals surface area contributed by atoms with Gasteiger partial charge in [-0.05, 0) is 47.8 Å². The summed E-state index contributed by atoms with van der Waals surface area (Å²) >= 11 is 1.49. The van der Waals surface area contributed by atoms with Crippen LogP contribution in [0, 0.1) is 5.82 Å². The van der Waals surface area contributed by atoms with Gasteiger partial charge in [-0.1, -0.05) is 36.4 Å². The number of benzene rings is 2. The van der Waals surface area contributed by atoms with Crippen LogP contribution in [0.1, 0.15) is 12.0 Å². The summed E-state index contributed by atoms with van der Waals surface area (Å²) in [5.74, 6) is -0.764. The van der Waals surface area contributed by atoms with E-state index in [1.807, 2.05) is 36.6 Å². The molecular formula is C21H23FN4O3S2. The standard InChI is InChI=1S/C21H23FN4O3S2/c1-30-13-11-19(26-31(28,29)20-5-3-2-4-17(20)22)21(27)23-14-15-6-8-16(9-7-15)18-10-12-24-25-18/h2-10,12,19,26H,11,13-14H2,1H3,(H,23,27)(H,24,25). The quantitative estimate of drug-likeness (QED) is 0.430. The molecule has 0 aliphatic rings. The molecule has 1 heterocycles. The number of carbonyl (C=O) groups is 1. The van der Waals surface area contributed by atoms with Crippen LogP contribution < -0.4 is 10.0 Å². The lowest BCUT2D eigenvalue weighted by molar-refractivity contribution is -0.122. The first-order chi connectivity index (χ1) is 14.9. The van der Waals surface area contributed by atoms with Crippen LogP contribution in [0.4, 0.5) is 4.39 Å². The summed E-state index contributed by atoms with van der Waals surface area (Å²) in [5.41, 5.74) is 2.70. The third-order valence-corrected chi connectivity index (χ3v) is 6.73. The van der Waals surface area contributed by atoms with Gasteiger partial charge in [-0.3, -0.25) is 9.89 Å². The van der Waals surface area contributed by atoms with Crippen LogP contribution in [0.15, 0.2) is 65.7 Å². The van der Waals surface area contributed by atoms with Gasteiger partial charge >= 0.3 is 0 Å². The van der Waals surface area contributed by atoms with Crippen LogP contribution >= 0.6 is 11.8 Å². The number of carbonyl (C=O) groups excluding carboxylic acids is 1. The molecule has 0 radical (unpaired) electrons. The van der Waals surface area contributed by atoms with Gasteiger partial charge in [0.25, 0.3) is 0 Å². The number of aromatic nitrogens is 2. The summed E-state index contributed by atoms with van der Waals surface area (Å²) in [7, 11) is -4.18. The Morgan fingerprint density at radius 1 is 1.16 bits per heavy atom. The highest BCUT2D eigenvalue weighted by molar-refractivity contribution is 7.98. The van der Waals surface area contributed by atoms with E-state index in [1.54, 1.807) is 6.20 Å². The van der Waals surface area contributed by atoms with E-state index in [-0.39, 0.29) is 13.0 Å². The summed E-state index contributed by atoms with van der Waals surface area (Å²) < 4.78 is 41.5. The van der Waals surface area contributed by atoms with Gasteiger partial charge in [0.1, 0.15) is 16.8 Å². The van der Waals surface area contributed by atoms with Crippen molar-refractivity contribution < 1.29 is 17.6 Å². The zero-order chi connectivity index (χ0) is 22.3. The van der Waals surface area contributed by atoms with E-state index in [0.717, 1.165) is 22.9 Å². The molecule has 0 fully saturated rings. The van der Waals surface area contributed by atoms with Crippen LogP contribution in [-0.4, -0.2) is 42.6 Å². The van der Waals surface area contributed by atoms with E-state index in [0.29, 0.717) is 5.75 Å². The minimum atomic E-state index is -4.18. The molecule has 31 heavy (non-hydrogen) atoms. The van der Waals surface area contributed by atoms with Crippen molar-refractivity contribution >= 4 is 27.7 Å². The Bertz CT molecular complexity index is 1100. The Hall–Kier alpha value is -2.69. The zero-order valence-corrected chi connectivity index (χ0v) is 18.5. The Kier molecular flexibility index (Phi) is 7.83. The highest BCUT2D eigenvalue weighted by Crippen LogP contribution is 2.17. The Labute approximate surface area is 184 Å². The number of aromatic amines is 1. The number of H-pyrrole nitrogens is 1. The number of halogens is 1. The molecule has 7 nitrogen and oxygen atoms in total. The third-order valence-electron chi connectivity index (χ3n) is 4.58. The second kappa shape index (κ2) is 10.6. The average Bonchev–Trinajstić information content (AvgIpc) is 3.30. The molecule has 3 rings (SSSR count). The van der Waals surface area contributed by atoms with Crippen molar-refractivity contribution in [2.24, 2.45) is 0 Å². The van der Waals surface area contributed by atoms with Crippen LogP contribution in [-0.2, 0) is 21.4 Å². The van der Waals surface area contributed by atoms with Gasteiger partial charge in [0, 0.05) is 12.7 Å². The maximum atomic E-state index is 14.0. The summed E-state index contributed by atoms with van der Waals surface area (Å²) in [6, 6.07) is 13.5. The summed E-state index contributed by atoms with van der Waals surface area (Å²) in [6.45, 7) is 0.235. The minimum Gasteiger partial charge on any atom is -0.351 e. The lowest BCUT2D eigenvalue weighted by Crippen LogP contribution is -2.46. The van der Waals surface area contributed by atoms with Crippen molar-refractivity contribution in [2.45, 2.75) is 23.9 Å². The van der Waals surface area contributed by atoms with Gasteiger partial charge in [-0.2, -0.15) is 21.6 Å². The number of amides is 1. The number of hydrogen-bond acceptors (Lipinski definition) is 5. The van der Waals surface area contributed by atoms with E-state index in [2.05, 4.69) is 20.2 Å². The van der Waals surface area contributed by atoms with E-state index >= 15 is 0 Å². The maximum absolute atomic E-state index is 14.0. The second-order valence-corrected chi connectivity index (χ2v) is 9.44. The second-order valence-electron chi connectivity index (χ2n) is 6.77. The number of rotatable bonds is 10. The largest absolute Gasteiger partial charge is 0.351 e. The fraction of sp³-hybridized carbons (Fsp3) is 0.238. The third kappa shape index (κ3) is 6.16. The van der Waals surface area contributed by atoms with Crippen molar-refractivity contribution in [2.75, 3.05) is 12.0 Å². The van der Waals surface area contributed by atoms with Crippen molar-refractivity contribution in [1.29, 1.82) is 0 Å². The van der Waals surface area contributed by atoms with Gasteiger partial charge in [-0.15, -0.1) is 0 Å². The van der Waals surface area contributed by atoms with Gasteiger partial charge in [0.15, 0.2) is 0 Å². The van der Waals surface area contributed by atoms with Gasteiger partial charge in [0.05, 0.1) is 5.69 Å². The first kappa shape index (κ1) is 23.0. The topological polar surface area (TPSA) is 104 Å². The van der Waals surface area contributed by atoms with Crippen molar-refractivity contribution in [3.8, 4) is 11.3 Å². The molecule has 0 spiro atoms. The van der Waals surface area contributed by atoms with Crippen molar-refractivity contribution in [3.63, 3.8) is 0 Å². The Balaban J connectivity index is 1.66. The minimum absolute atomic E-state index is 0.235. The summed E-state index contributed by atoms with van der Waals surface area (Å²) in [5, 5.41) is 9.56. The fourth-order valence-electron chi connectivity index (χ4n) is 2.92. The molecule has 1 unspecified atom stereocenters. The molecule has 3 N–H and O–H groups in total. The maximum Gasteiger partial charge on any atom is 0.244 e. The highest BCUT2D eigenvalue weighted by Gasteiger charge is 2.27. The van der Waals surface area contributed by atoms with Gasteiger partial charge < -0.3 is 5.32 Å². The first-order valence-corrected chi connectivity index (χ1v) is 12.4. The molecule has 3 aromatic rings. The molecule has 0 saturated heterocycles. The summed E-state index contributed by atoms with van der Waals surface area (Å²) in [4.78, 5) is 12.2. The number of nitrogens with one attached hydrogen (secondary N) is 3. The van der Waals surface area contributed by atoms with Crippen LogP contribution in [0.5, 0.6) is 0 Å². The lowest BCUT2D eigenvalue weighted by Gasteiger charge is -2.18. The molecule has 164 valence electrons. The molecule has 0 aliphatic heterocycles. The number of sulfonamides is 1. The highest BCUT2D eigenvalue weighted by atomic mass is 32.2.